The third-order valence-electron chi connectivity index (χ3n) is 2.66. The van der Waals surface area contributed by atoms with Crippen LogP contribution in [-0.4, -0.2) is 18.4 Å². The number of para-hydroxylation sites is 1. The van der Waals surface area contributed by atoms with Gasteiger partial charge in [0.1, 0.15) is 0 Å². The molecule has 4 nitrogen and oxygen atoms in total. The SMILES string of the molecule is O=C(CNC(=O)c1ccc(Br)cc1)Nc1ccccc1Cl. The van der Waals surface area contributed by atoms with Gasteiger partial charge in [-0.05, 0) is 36.4 Å². The van der Waals surface area contributed by atoms with Crippen molar-refractivity contribution in [2.75, 3.05) is 11.9 Å². The molecule has 6 heteroatoms. The molecule has 0 fully saturated rings. The van der Waals surface area contributed by atoms with Crippen LogP contribution in [0.1, 0.15) is 10.4 Å². The van der Waals surface area contributed by atoms with E-state index in [2.05, 4.69) is 26.6 Å². The Kier molecular flexibility index (Phi) is 5.36. The average molecular weight is 368 g/mol. The summed E-state index contributed by atoms with van der Waals surface area (Å²) in [6, 6.07) is 13.8. The number of rotatable bonds is 4. The van der Waals surface area contributed by atoms with Crippen LogP contribution in [0.4, 0.5) is 5.69 Å². The van der Waals surface area contributed by atoms with Crippen molar-refractivity contribution in [1.29, 1.82) is 0 Å². The van der Waals surface area contributed by atoms with Gasteiger partial charge < -0.3 is 10.6 Å². The Labute approximate surface area is 135 Å². The van der Waals surface area contributed by atoms with Gasteiger partial charge in [0, 0.05) is 10.0 Å². The summed E-state index contributed by atoms with van der Waals surface area (Å²) in [5.74, 6) is -0.648. The molecule has 2 N–H and O–H groups in total. The van der Waals surface area contributed by atoms with Crippen molar-refractivity contribution >= 4 is 45.0 Å². The fourth-order valence-corrected chi connectivity index (χ4v) is 2.07. The molecule has 2 aromatic rings. The van der Waals surface area contributed by atoms with Gasteiger partial charge in [-0.3, -0.25) is 9.59 Å². The molecule has 0 aliphatic carbocycles. The molecule has 0 saturated carbocycles. The van der Waals surface area contributed by atoms with E-state index in [0.717, 1.165) is 4.47 Å². The van der Waals surface area contributed by atoms with Crippen LogP contribution in [0.3, 0.4) is 0 Å². The highest BCUT2D eigenvalue weighted by Gasteiger charge is 2.09. The normalized spacial score (nSPS) is 10.0. The highest BCUT2D eigenvalue weighted by molar-refractivity contribution is 9.10. The van der Waals surface area contributed by atoms with Gasteiger partial charge in [-0.1, -0.05) is 39.7 Å². The molecule has 0 atom stereocenters. The quantitative estimate of drug-likeness (QED) is 0.869. The molecular weight excluding hydrogens is 356 g/mol. The zero-order valence-corrected chi connectivity index (χ0v) is 13.2. The van der Waals surface area contributed by atoms with Gasteiger partial charge in [0.15, 0.2) is 0 Å². The largest absolute Gasteiger partial charge is 0.343 e. The number of hydrogen-bond donors (Lipinski definition) is 2. The number of hydrogen-bond acceptors (Lipinski definition) is 2. The Balaban J connectivity index is 1.88. The van der Waals surface area contributed by atoms with Crippen LogP contribution in [-0.2, 0) is 4.79 Å². The molecule has 21 heavy (non-hydrogen) atoms. The minimum atomic E-state index is -0.339. The van der Waals surface area contributed by atoms with E-state index < -0.39 is 0 Å². The number of halogens is 2. The second kappa shape index (κ2) is 7.24. The van der Waals surface area contributed by atoms with Crippen LogP contribution in [0.15, 0.2) is 53.0 Å². The lowest BCUT2D eigenvalue weighted by Crippen LogP contribution is -2.32. The van der Waals surface area contributed by atoms with Crippen molar-refractivity contribution in [1.82, 2.24) is 5.32 Å². The predicted octanol–water partition coefficient (Wildman–Crippen LogP) is 3.47. The summed E-state index contributed by atoms with van der Waals surface area (Å²) < 4.78 is 0.885. The summed E-state index contributed by atoms with van der Waals surface area (Å²) in [6.45, 7) is -0.125. The standard InChI is InChI=1S/C15H12BrClN2O2/c16-11-7-5-10(6-8-11)15(21)18-9-14(20)19-13-4-2-1-3-12(13)17/h1-8H,9H2,(H,18,21)(H,19,20). The van der Waals surface area contributed by atoms with Gasteiger partial charge in [0.2, 0.25) is 5.91 Å². The van der Waals surface area contributed by atoms with E-state index in [-0.39, 0.29) is 18.4 Å². The maximum atomic E-state index is 11.8. The van der Waals surface area contributed by atoms with Gasteiger partial charge in [0.25, 0.3) is 5.91 Å². The monoisotopic (exact) mass is 366 g/mol. The third-order valence-corrected chi connectivity index (χ3v) is 3.52. The van der Waals surface area contributed by atoms with Crippen LogP contribution in [0.25, 0.3) is 0 Å². The Morgan fingerprint density at radius 1 is 1.05 bits per heavy atom. The maximum absolute atomic E-state index is 11.8. The minimum Gasteiger partial charge on any atom is -0.343 e. The van der Waals surface area contributed by atoms with E-state index in [9.17, 15) is 9.59 Å². The van der Waals surface area contributed by atoms with Crippen LogP contribution in [0.5, 0.6) is 0 Å². The Bertz CT molecular complexity index is 659. The first-order chi connectivity index (χ1) is 10.1. The van der Waals surface area contributed by atoms with Crippen LogP contribution < -0.4 is 10.6 Å². The lowest BCUT2D eigenvalue weighted by molar-refractivity contribution is -0.115. The van der Waals surface area contributed by atoms with Crippen molar-refractivity contribution in [3.05, 3.63) is 63.6 Å². The second-order valence-electron chi connectivity index (χ2n) is 4.22. The number of benzene rings is 2. The molecule has 108 valence electrons. The number of anilines is 1. The molecule has 0 aliphatic rings. The number of amides is 2. The second-order valence-corrected chi connectivity index (χ2v) is 5.54. The summed E-state index contributed by atoms with van der Waals surface area (Å²) in [4.78, 5) is 23.6. The fourth-order valence-electron chi connectivity index (χ4n) is 1.62. The molecule has 0 radical (unpaired) electrons. The first kappa shape index (κ1) is 15.5. The molecule has 2 aromatic carbocycles. The molecule has 0 saturated heterocycles. The Morgan fingerprint density at radius 3 is 2.38 bits per heavy atom. The smallest absolute Gasteiger partial charge is 0.251 e. The summed E-state index contributed by atoms with van der Waals surface area (Å²) in [5, 5.41) is 5.63. The summed E-state index contributed by atoms with van der Waals surface area (Å²) in [5.41, 5.74) is 1.01. The number of carbonyl (C=O) groups is 2. The van der Waals surface area contributed by atoms with Crippen LogP contribution in [0.2, 0.25) is 5.02 Å². The van der Waals surface area contributed by atoms with E-state index in [1.54, 1.807) is 48.5 Å². The van der Waals surface area contributed by atoms with Crippen molar-refractivity contribution in [2.45, 2.75) is 0 Å². The van der Waals surface area contributed by atoms with E-state index in [1.165, 1.54) is 0 Å². The molecule has 0 spiro atoms. The van der Waals surface area contributed by atoms with Crippen LogP contribution >= 0.6 is 27.5 Å². The molecular formula is C15H12BrClN2O2. The van der Waals surface area contributed by atoms with Crippen molar-refractivity contribution in [2.24, 2.45) is 0 Å². The first-order valence-corrected chi connectivity index (χ1v) is 7.31. The van der Waals surface area contributed by atoms with Crippen molar-refractivity contribution in [3.63, 3.8) is 0 Å². The highest BCUT2D eigenvalue weighted by Crippen LogP contribution is 2.20. The Morgan fingerprint density at radius 2 is 1.71 bits per heavy atom. The molecule has 0 aliphatic heterocycles. The summed E-state index contributed by atoms with van der Waals surface area (Å²) in [7, 11) is 0. The molecule has 0 unspecified atom stereocenters. The van der Waals surface area contributed by atoms with Gasteiger partial charge in [0.05, 0.1) is 17.3 Å². The van der Waals surface area contributed by atoms with Crippen molar-refractivity contribution in [3.8, 4) is 0 Å². The van der Waals surface area contributed by atoms with Gasteiger partial charge >= 0.3 is 0 Å². The fraction of sp³-hybridized carbons (Fsp3) is 0.0667. The van der Waals surface area contributed by atoms with Crippen molar-refractivity contribution < 1.29 is 9.59 Å². The average Bonchev–Trinajstić information content (AvgIpc) is 2.48. The van der Waals surface area contributed by atoms with Gasteiger partial charge in [-0.2, -0.15) is 0 Å². The zero-order chi connectivity index (χ0) is 15.2. The highest BCUT2D eigenvalue weighted by atomic mass is 79.9. The first-order valence-electron chi connectivity index (χ1n) is 6.14. The summed E-state index contributed by atoms with van der Waals surface area (Å²) >= 11 is 9.23. The van der Waals surface area contributed by atoms with E-state index in [4.69, 9.17) is 11.6 Å². The molecule has 2 rings (SSSR count). The number of carbonyl (C=O) groups excluding carboxylic acids is 2. The minimum absolute atomic E-state index is 0.125. The maximum Gasteiger partial charge on any atom is 0.251 e. The number of nitrogens with one attached hydrogen (secondary N) is 2. The third kappa shape index (κ3) is 4.58. The van der Waals surface area contributed by atoms with Crippen LogP contribution in [0, 0.1) is 0 Å². The summed E-state index contributed by atoms with van der Waals surface area (Å²) in [6.07, 6.45) is 0. The molecule has 2 amide bonds. The lowest BCUT2D eigenvalue weighted by atomic mass is 10.2. The zero-order valence-electron chi connectivity index (χ0n) is 10.9. The van der Waals surface area contributed by atoms with Gasteiger partial charge in [-0.25, -0.2) is 0 Å². The molecule has 0 aromatic heterocycles. The lowest BCUT2D eigenvalue weighted by Gasteiger charge is -2.08. The topological polar surface area (TPSA) is 58.2 Å². The molecule has 0 bridgehead atoms. The van der Waals surface area contributed by atoms with Gasteiger partial charge in [-0.15, -0.1) is 0 Å². The van der Waals surface area contributed by atoms with E-state index in [1.807, 2.05) is 0 Å². The van der Waals surface area contributed by atoms with E-state index >= 15 is 0 Å². The predicted molar refractivity (Wildman–Crippen MR) is 86.6 cm³/mol. The van der Waals surface area contributed by atoms with E-state index in [0.29, 0.717) is 16.3 Å². The molecule has 0 heterocycles. The Hall–Kier alpha value is -1.85.